The lowest BCUT2D eigenvalue weighted by molar-refractivity contribution is -0.274. The van der Waals surface area contributed by atoms with Crippen LogP contribution in [0.25, 0.3) is 0 Å². The lowest BCUT2D eigenvalue weighted by Gasteiger charge is -2.49. The van der Waals surface area contributed by atoms with Crippen LogP contribution in [0.15, 0.2) is 89.4 Å². The van der Waals surface area contributed by atoms with E-state index in [-0.39, 0.29) is 67.1 Å². The van der Waals surface area contributed by atoms with Crippen molar-refractivity contribution in [3.63, 3.8) is 0 Å². The van der Waals surface area contributed by atoms with E-state index in [1.807, 2.05) is 84.9 Å². The van der Waals surface area contributed by atoms with Gasteiger partial charge in [-0.1, -0.05) is 97.4 Å². The van der Waals surface area contributed by atoms with Gasteiger partial charge < -0.3 is 33.2 Å². The average molecular weight is 754 g/mol. The van der Waals surface area contributed by atoms with Crippen molar-refractivity contribution in [1.82, 2.24) is 0 Å². The summed E-state index contributed by atoms with van der Waals surface area (Å²) in [6.07, 6.45) is -2.23. The van der Waals surface area contributed by atoms with Crippen molar-refractivity contribution >= 4 is 27.9 Å². The van der Waals surface area contributed by atoms with E-state index >= 15 is 0 Å². The summed E-state index contributed by atoms with van der Waals surface area (Å²) >= 11 is 3.50. The van der Waals surface area contributed by atoms with Crippen molar-refractivity contribution in [2.75, 3.05) is 13.2 Å². The van der Waals surface area contributed by atoms with E-state index in [1.165, 1.54) is 13.8 Å². The highest BCUT2D eigenvalue weighted by atomic mass is 79.9. The Kier molecular flexibility index (Phi) is 13.9. The summed E-state index contributed by atoms with van der Waals surface area (Å²) in [7, 11) is 0. The van der Waals surface area contributed by atoms with Crippen LogP contribution in [0.2, 0.25) is 0 Å². The number of ether oxygens (including phenoxy) is 7. The van der Waals surface area contributed by atoms with Crippen LogP contribution in [-0.4, -0.2) is 62.0 Å². The summed E-state index contributed by atoms with van der Waals surface area (Å²) in [4.78, 5) is 23.8. The summed E-state index contributed by atoms with van der Waals surface area (Å²) in [6, 6.07) is 27.6. The second-order valence-electron chi connectivity index (χ2n) is 13.4. The highest BCUT2D eigenvalue weighted by Gasteiger charge is 2.50. The van der Waals surface area contributed by atoms with Crippen molar-refractivity contribution < 1.29 is 42.7 Å². The molecule has 50 heavy (non-hydrogen) atoms. The molecule has 10 heteroatoms. The van der Waals surface area contributed by atoms with Crippen molar-refractivity contribution in [2.24, 2.45) is 23.7 Å². The molecule has 10 atom stereocenters. The summed E-state index contributed by atoms with van der Waals surface area (Å²) in [5, 5.41) is 0. The van der Waals surface area contributed by atoms with Crippen molar-refractivity contribution in [3.8, 4) is 5.75 Å². The minimum atomic E-state index is -0.817. The number of benzene rings is 3. The monoisotopic (exact) mass is 752 g/mol. The Morgan fingerprint density at radius 3 is 1.70 bits per heavy atom. The second kappa shape index (κ2) is 18.3. The molecule has 0 aromatic heterocycles. The largest absolute Gasteiger partial charge is 0.463 e. The molecule has 270 valence electrons. The van der Waals surface area contributed by atoms with E-state index < -0.39 is 18.5 Å². The molecule has 0 N–H and O–H groups in total. The van der Waals surface area contributed by atoms with Gasteiger partial charge in [-0.3, -0.25) is 9.59 Å². The van der Waals surface area contributed by atoms with Crippen LogP contribution in [0.1, 0.15) is 52.2 Å². The average Bonchev–Trinajstić information content (AvgIpc) is 3.11. The van der Waals surface area contributed by atoms with Gasteiger partial charge in [-0.15, -0.1) is 0 Å². The molecule has 5 rings (SSSR count). The molecule has 0 saturated carbocycles. The van der Waals surface area contributed by atoms with Crippen LogP contribution in [0.3, 0.4) is 0 Å². The molecule has 3 aromatic carbocycles. The quantitative estimate of drug-likeness (QED) is 0.155. The fraction of sp³-hybridized carbons (Fsp3) is 0.500. The maximum absolute atomic E-state index is 12.0. The first-order valence-electron chi connectivity index (χ1n) is 17.4. The van der Waals surface area contributed by atoms with Gasteiger partial charge in [-0.05, 0) is 65.5 Å². The predicted octanol–water partition coefficient (Wildman–Crippen LogP) is 7.53. The van der Waals surface area contributed by atoms with Crippen molar-refractivity contribution in [3.05, 3.63) is 101 Å². The number of halogens is 1. The first-order chi connectivity index (χ1) is 24.1. The molecule has 0 bridgehead atoms. The van der Waals surface area contributed by atoms with Crippen LogP contribution >= 0.6 is 15.9 Å². The number of hydrogen-bond donors (Lipinski definition) is 0. The van der Waals surface area contributed by atoms with Gasteiger partial charge in [0.25, 0.3) is 0 Å². The van der Waals surface area contributed by atoms with E-state index in [2.05, 4.69) is 36.7 Å². The molecule has 2 heterocycles. The highest BCUT2D eigenvalue weighted by Crippen LogP contribution is 2.42. The lowest BCUT2D eigenvalue weighted by Crippen LogP contribution is -2.58. The zero-order valence-corrected chi connectivity index (χ0v) is 31.0. The van der Waals surface area contributed by atoms with Crippen molar-refractivity contribution in [2.45, 2.75) is 91.1 Å². The molecule has 0 radical (unpaired) electrons. The zero-order valence-electron chi connectivity index (χ0n) is 29.4. The maximum Gasteiger partial charge on any atom is 0.302 e. The van der Waals surface area contributed by atoms with Gasteiger partial charge in [0.05, 0.1) is 37.6 Å². The van der Waals surface area contributed by atoms with Crippen LogP contribution in [0.4, 0.5) is 0 Å². The molecule has 3 aromatic rings. The predicted molar refractivity (Wildman–Crippen MR) is 191 cm³/mol. The summed E-state index contributed by atoms with van der Waals surface area (Å²) < 4.78 is 45.4. The normalized spacial score (nSPS) is 29.6. The highest BCUT2D eigenvalue weighted by molar-refractivity contribution is 9.10. The Balaban J connectivity index is 1.48. The Morgan fingerprint density at radius 1 is 0.640 bits per heavy atom. The number of carbonyl (C=O) groups excluding carboxylic acids is 2. The van der Waals surface area contributed by atoms with E-state index in [9.17, 15) is 9.59 Å². The number of rotatable bonds is 14. The van der Waals surface area contributed by atoms with Crippen LogP contribution in [0, 0.1) is 23.7 Å². The summed E-state index contributed by atoms with van der Waals surface area (Å²) in [5.41, 5.74) is 2.09. The summed E-state index contributed by atoms with van der Waals surface area (Å²) in [6.45, 7) is 10.2. The smallest absolute Gasteiger partial charge is 0.302 e. The molecular formula is C40H49BrO9. The molecule has 9 nitrogen and oxygen atoms in total. The van der Waals surface area contributed by atoms with Gasteiger partial charge in [0.2, 0.25) is 6.29 Å². The first-order valence-corrected chi connectivity index (χ1v) is 18.2. The molecule has 2 fully saturated rings. The fourth-order valence-corrected chi connectivity index (χ4v) is 7.14. The van der Waals surface area contributed by atoms with Gasteiger partial charge in [-0.25, -0.2) is 0 Å². The molecule has 2 aliphatic rings. The van der Waals surface area contributed by atoms with E-state index in [0.717, 1.165) is 15.6 Å². The Morgan fingerprint density at radius 2 is 1.16 bits per heavy atom. The third kappa shape index (κ3) is 10.4. The number of esters is 2. The molecule has 2 aliphatic heterocycles. The third-order valence-electron chi connectivity index (χ3n) is 9.95. The minimum absolute atomic E-state index is 0.0637. The van der Waals surface area contributed by atoms with Gasteiger partial charge >= 0.3 is 11.9 Å². The number of hydrogen-bond acceptors (Lipinski definition) is 9. The van der Waals surface area contributed by atoms with E-state index in [0.29, 0.717) is 25.4 Å². The van der Waals surface area contributed by atoms with Crippen molar-refractivity contribution in [1.29, 1.82) is 0 Å². The summed E-state index contributed by atoms with van der Waals surface area (Å²) in [5.74, 6) is -0.256. The molecular weight excluding hydrogens is 704 g/mol. The Bertz CT molecular complexity index is 1490. The molecule has 0 unspecified atom stereocenters. The second-order valence-corrected chi connectivity index (χ2v) is 14.3. The third-order valence-corrected chi connectivity index (χ3v) is 10.5. The fourth-order valence-electron chi connectivity index (χ4n) is 6.88. The molecule has 2 saturated heterocycles. The van der Waals surface area contributed by atoms with Gasteiger partial charge in [0.1, 0.15) is 25.1 Å². The Hall–Kier alpha value is -3.28. The molecule has 0 aliphatic carbocycles. The Labute approximate surface area is 304 Å². The van der Waals surface area contributed by atoms with E-state index in [1.54, 1.807) is 0 Å². The lowest BCUT2D eigenvalue weighted by atomic mass is 9.74. The zero-order chi connectivity index (χ0) is 35.6. The van der Waals surface area contributed by atoms with Gasteiger partial charge in [0.15, 0.2) is 0 Å². The number of carbonyl (C=O) groups is 2. The molecule has 0 spiro atoms. The van der Waals surface area contributed by atoms with Crippen LogP contribution in [-0.2, 0) is 51.2 Å². The topological polar surface area (TPSA) is 98.8 Å². The first kappa shape index (κ1) is 38.0. The SMILES string of the molecule is CC(=O)OC[C@H]1O[C@H](C[C@H]2[C@H](C)[C@@H](COC(C)=O)O[C@H](Oc3ccc(Br)cc3)[C@H]2OCc2ccccc2)[C@@H](OCc2ccccc2)[C@@H](C)[C@@H]1C. The van der Waals surface area contributed by atoms with Crippen LogP contribution in [0.5, 0.6) is 5.75 Å². The van der Waals surface area contributed by atoms with Gasteiger partial charge in [-0.2, -0.15) is 0 Å². The van der Waals surface area contributed by atoms with Crippen LogP contribution < -0.4 is 4.74 Å². The molecule has 0 amide bonds. The van der Waals surface area contributed by atoms with E-state index in [4.69, 9.17) is 33.2 Å². The maximum atomic E-state index is 12.0. The standard InChI is InChI=1S/C40H49BrO9/c1-25-26(2)38(46-21-30-12-8-6-9-13-30)35(49-36(25)23-44-28(4)42)20-34-27(3)37(24-45-29(5)43)50-40(48-33-18-16-32(41)17-19-33)39(34)47-22-31-14-10-7-11-15-31/h6-19,25-27,34-40H,20-24H2,1-5H3/t25-,26-,27-,34-,35+,36+,37+,38-,39-,40-/m0/s1. The van der Waals surface area contributed by atoms with Gasteiger partial charge in [0, 0.05) is 18.3 Å². The minimum Gasteiger partial charge on any atom is -0.463 e.